The van der Waals surface area contributed by atoms with Gasteiger partial charge in [0.2, 0.25) is 0 Å². The van der Waals surface area contributed by atoms with E-state index in [1.54, 1.807) is 0 Å². The Kier molecular flexibility index (Phi) is 8.68. The summed E-state index contributed by atoms with van der Waals surface area (Å²) < 4.78 is 112. The predicted octanol–water partition coefficient (Wildman–Crippen LogP) is 6.35. The number of ether oxygens (including phenoxy) is 1. The number of piperidine rings is 1. The van der Waals surface area contributed by atoms with Gasteiger partial charge < -0.3 is 4.74 Å². The van der Waals surface area contributed by atoms with Crippen molar-refractivity contribution in [2.45, 2.75) is 74.2 Å². The zero-order valence-corrected chi connectivity index (χ0v) is 25.9. The topological polar surface area (TPSA) is 90.2 Å². The monoisotopic (exact) mass is 679 g/mol. The number of fused-ring (bicyclic) bond motifs is 2. The van der Waals surface area contributed by atoms with E-state index in [2.05, 4.69) is 20.3 Å². The number of sulfone groups is 1. The highest BCUT2D eigenvalue weighted by Crippen LogP contribution is 2.57. The molecule has 47 heavy (non-hydrogen) atoms. The van der Waals surface area contributed by atoms with E-state index < -0.39 is 57.4 Å². The van der Waals surface area contributed by atoms with Crippen LogP contribution in [0.15, 0.2) is 78.9 Å². The molecule has 0 saturated carbocycles. The van der Waals surface area contributed by atoms with Crippen molar-refractivity contribution < 1.29 is 39.5 Å². The van der Waals surface area contributed by atoms with Gasteiger partial charge in [0.1, 0.15) is 0 Å². The predicted molar refractivity (Wildman–Crippen MR) is 158 cm³/mol. The van der Waals surface area contributed by atoms with Gasteiger partial charge in [0.15, 0.2) is 21.5 Å². The quantitative estimate of drug-likeness (QED) is 0.191. The molecule has 2 aliphatic rings. The number of rotatable bonds is 9. The number of benzene rings is 3. The highest BCUT2D eigenvalue weighted by Gasteiger charge is 2.61. The standard InChI is InChI=1S/C32H31F6N5O3S/c1-47(44,45)20-43-40-29(39-41-43)26-17-30(23-10-6-3-7-11-23)28(13-12-27(26)42(30)18-21-8-4-2-5-9-21)46-19-22-14-24(31(33,34)35)16-25(15-22)32(36,37)38/h2-11,14-16,26-28H,12-13,17-20H2,1H3/t26-,27+,28-,30-/m1/s1. The molecule has 250 valence electrons. The van der Waals surface area contributed by atoms with Gasteiger partial charge in [0, 0.05) is 24.8 Å². The van der Waals surface area contributed by atoms with Crippen LogP contribution < -0.4 is 0 Å². The summed E-state index contributed by atoms with van der Waals surface area (Å²) in [6.07, 6.45) is -8.16. The van der Waals surface area contributed by atoms with Crippen LogP contribution in [0.4, 0.5) is 26.3 Å². The third kappa shape index (κ3) is 6.92. The Hall–Kier alpha value is -3.82. The molecule has 0 unspecified atom stereocenters. The molecule has 0 spiro atoms. The second kappa shape index (κ2) is 12.3. The first-order valence-corrected chi connectivity index (χ1v) is 16.9. The van der Waals surface area contributed by atoms with Crippen molar-refractivity contribution in [3.8, 4) is 0 Å². The molecule has 8 nitrogen and oxygen atoms in total. The summed E-state index contributed by atoms with van der Waals surface area (Å²) in [6.45, 7) is -0.0282. The number of nitrogens with zero attached hydrogens (tertiary/aromatic N) is 5. The Labute approximate surface area is 267 Å². The van der Waals surface area contributed by atoms with Crippen molar-refractivity contribution in [2.24, 2.45) is 0 Å². The Bertz CT molecular complexity index is 1790. The largest absolute Gasteiger partial charge is 0.416 e. The van der Waals surface area contributed by atoms with Crippen molar-refractivity contribution in [1.82, 2.24) is 25.1 Å². The molecular formula is C32H31F6N5O3S. The Morgan fingerprint density at radius 3 is 2.09 bits per heavy atom. The van der Waals surface area contributed by atoms with Crippen molar-refractivity contribution in [3.05, 3.63) is 113 Å². The van der Waals surface area contributed by atoms with Crippen molar-refractivity contribution in [2.75, 3.05) is 6.26 Å². The number of hydrogen-bond donors (Lipinski definition) is 0. The summed E-state index contributed by atoms with van der Waals surface area (Å²) in [5, 5.41) is 12.6. The summed E-state index contributed by atoms with van der Waals surface area (Å²) in [4.78, 5) is 3.30. The lowest BCUT2D eigenvalue weighted by Crippen LogP contribution is -2.56. The van der Waals surface area contributed by atoms with Gasteiger partial charge >= 0.3 is 12.4 Å². The van der Waals surface area contributed by atoms with Crippen LogP contribution in [0.1, 0.15) is 58.8 Å². The van der Waals surface area contributed by atoms with Crippen LogP contribution in [0.3, 0.4) is 0 Å². The van der Waals surface area contributed by atoms with Crippen LogP contribution in [0.25, 0.3) is 0 Å². The van der Waals surface area contributed by atoms with Gasteiger partial charge in [0.25, 0.3) is 0 Å². The molecule has 4 atom stereocenters. The maximum Gasteiger partial charge on any atom is 0.416 e. The van der Waals surface area contributed by atoms with Crippen molar-refractivity contribution in [3.63, 3.8) is 0 Å². The molecule has 2 fully saturated rings. The summed E-state index contributed by atoms with van der Waals surface area (Å²) in [5.74, 6) is -0.425. The van der Waals surface area contributed by atoms with Gasteiger partial charge in [-0.15, -0.1) is 15.0 Å². The lowest BCUT2D eigenvalue weighted by Gasteiger charge is -2.50. The number of aromatic nitrogens is 4. The minimum absolute atomic E-state index is 0.104. The van der Waals surface area contributed by atoms with Crippen LogP contribution in [0.2, 0.25) is 0 Å². The Morgan fingerprint density at radius 2 is 1.49 bits per heavy atom. The minimum atomic E-state index is -4.98. The Balaban J connectivity index is 1.41. The maximum absolute atomic E-state index is 13.6. The zero-order valence-electron chi connectivity index (χ0n) is 25.1. The van der Waals surface area contributed by atoms with Crippen molar-refractivity contribution >= 4 is 9.84 Å². The maximum atomic E-state index is 13.6. The van der Waals surface area contributed by atoms with Crippen LogP contribution in [-0.4, -0.2) is 51.9 Å². The first-order chi connectivity index (χ1) is 22.1. The molecular weight excluding hydrogens is 648 g/mol. The SMILES string of the molecule is CS(=O)(=O)Cn1nnc([C@@H]2C[C@@]3(c4ccccc4)[C@H](OCc4cc(C(F)(F)F)cc(C(F)(F)F)c4)CC[C@@H]2N3Cc2ccccc2)n1. The second-order valence-electron chi connectivity index (χ2n) is 12.1. The van der Waals surface area contributed by atoms with Crippen LogP contribution in [-0.2, 0) is 51.5 Å². The molecule has 0 aliphatic carbocycles. The molecule has 4 aromatic rings. The molecule has 15 heteroatoms. The smallest absolute Gasteiger partial charge is 0.371 e. The number of tetrazole rings is 1. The van der Waals surface area contributed by atoms with E-state index >= 15 is 0 Å². The molecule has 0 N–H and O–H groups in total. The fraction of sp³-hybridized carbons (Fsp3) is 0.406. The first-order valence-electron chi connectivity index (χ1n) is 14.8. The zero-order chi connectivity index (χ0) is 33.6. The first kappa shape index (κ1) is 33.1. The summed E-state index contributed by atoms with van der Waals surface area (Å²) in [5.41, 5.74) is -2.09. The lowest BCUT2D eigenvalue weighted by atomic mass is 9.78. The van der Waals surface area contributed by atoms with E-state index in [1.807, 2.05) is 60.7 Å². The molecule has 2 bridgehead atoms. The number of halogens is 6. The molecule has 2 aliphatic heterocycles. The normalized spacial score (nSPS) is 23.7. The average molecular weight is 680 g/mol. The van der Waals surface area contributed by atoms with Gasteiger partial charge in [-0.3, -0.25) is 4.90 Å². The van der Waals surface area contributed by atoms with Crippen LogP contribution >= 0.6 is 0 Å². The molecule has 1 aromatic heterocycles. The summed E-state index contributed by atoms with van der Waals surface area (Å²) in [7, 11) is -3.45. The van der Waals surface area contributed by atoms with E-state index in [0.29, 0.717) is 43.8 Å². The van der Waals surface area contributed by atoms with Gasteiger partial charge in [-0.05, 0) is 59.4 Å². The lowest BCUT2D eigenvalue weighted by molar-refractivity contribution is -0.143. The highest BCUT2D eigenvalue weighted by molar-refractivity contribution is 7.89. The van der Waals surface area contributed by atoms with Crippen molar-refractivity contribution in [1.29, 1.82) is 0 Å². The molecule has 0 amide bonds. The van der Waals surface area contributed by atoms with E-state index in [1.165, 1.54) is 0 Å². The molecule has 3 heterocycles. The minimum Gasteiger partial charge on any atom is -0.371 e. The van der Waals surface area contributed by atoms with Gasteiger partial charge in [0.05, 0.1) is 29.4 Å². The fourth-order valence-electron chi connectivity index (χ4n) is 7.02. The third-order valence-corrected chi connectivity index (χ3v) is 9.58. The Morgan fingerprint density at radius 1 is 0.872 bits per heavy atom. The van der Waals surface area contributed by atoms with E-state index in [-0.39, 0.29) is 23.6 Å². The van der Waals surface area contributed by atoms with Crippen LogP contribution in [0.5, 0.6) is 0 Å². The molecule has 6 rings (SSSR count). The third-order valence-electron chi connectivity index (χ3n) is 8.88. The van der Waals surface area contributed by atoms with Gasteiger partial charge in [-0.1, -0.05) is 60.7 Å². The highest BCUT2D eigenvalue weighted by atomic mass is 32.2. The van der Waals surface area contributed by atoms with E-state index in [4.69, 9.17) is 4.74 Å². The van der Waals surface area contributed by atoms with Gasteiger partial charge in [-0.25, -0.2) is 8.42 Å². The van der Waals surface area contributed by atoms with Gasteiger partial charge in [-0.2, -0.15) is 26.3 Å². The molecule has 0 radical (unpaired) electrons. The fourth-order valence-corrected chi connectivity index (χ4v) is 7.55. The number of alkyl halides is 6. The molecule has 3 aromatic carbocycles. The second-order valence-corrected chi connectivity index (χ2v) is 14.3. The summed E-state index contributed by atoms with van der Waals surface area (Å²) in [6, 6.07) is 20.4. The molecule has 2 saturated heterocycles. The average Bonchev–Trinajstić information content (AvgIpc) is 3.54. The van der Waals surface area contributed by atoms with E-state index in [0.717, 1.165) is 22.2 Å². The summed E-state index contributed by atoms with van der Waals surface area (Å²) >= 11 is 0. The van der Waals surface area contributed by atoms with E-state index in [9.17, 15) is 34.8 Å². The number of hydrogen-bond acceptors (Lipinski definition) is 7. The van der Waals surface area contributed by atoms with Crippen LogP contribution in [0, 0.1) is 0 Å².